The average molecular weight is 244 g/mol. The maximum absolute atomic E-state index is 11.2. The average Bonchev–Trinajstić information content (AvgIpc) is 2.25. The summed E-state index contributed by atoms with van der Waals surface area (Å²) in [6.45, 7) is 6.62. The summed E-state index contributed by atoms with van der Waals surface area (Å²) in [5.41, 5.74) is 0. The minimum atomic E-state index is -1.09. The molecule has 0 spiro atoms. The largest absolute Gasteiger partial charge is 0.481 e. The summed E-state index contributed by atoms with van der Waals surface area (Å²) >= 11 is 0. The highest BCUT2D eigenvalue weighted by molar-refractivity contribution is 5.81. The van der Waals surface area contributed by atoms with Crippen LogP contribution in [-0.2, 0) is 23.9 Å². The number of aliphatic carboxylic acids is 1. The molecule has 0 bridgehead atoms. The molecule has 0 aliphatic rings. The van der Waals surface area contributed by atoms with Gasteiger partial charge in [-0.15, -0.1) is 0 Å². The van der Waals surface area contributed by atoms with Crippen LogP contribution in [0.4, 0.5) is 0 Å². The van der Waals surface area contributed by atoms with Crippen molar-refractivity contribution in [1.82, 2.24) is 0 Å². The molecule has 0 aromatic carbocycles. The molecule has 0 saturated carbocycles. The van der Waals surface area contributed by atoms with Crippen molar-refractivity contribution < 1.29 is 29.0 Å². The summed E-state index contributed by atoms with van der Waals surface area (Å²) in [7, 11) is 0. The Hall–Kier alpha value is -1.85. The quantitative estimate of drug-likeness (QED) is 0.410. The number of carboxylic acid groups (broad SMARTS) is 1. The van der Waals surface area contributed by atoms with Gasteiger partial charge in [0.2, 0.25) is 6.29 Å². The van der Waals surface area contributed by atoms with Crippen molar-refractivity contribution in [1.29, 1.82) is 0 Å². The van der Waals surface area contributed by atoms with E-state index in [1.807, 2.05) is 0 Å². The van der Waals surface area contributed by atoms with Gasteiger partial charge in [0.25, 0.3) is 0 Å². The van der Waals surface area contributed by atoms with Crippen molar-refractivity contribution in [2.45, 2.75) is 33.0 Å². The summed E-state index contributed by atoms with van der Waals surface area (Å²) in [4.78, 5) is 32.4. The first-order valence-corrected chi connectivity index (χ1v) is 5.11. The Bertz CT molecular complexity index is 307. The van der Waals surface area contributed by atoms with Crippen molar-refractivity contribution in [3.05, 3.63) is 12.7 Å². The first kappa shape index (κ1) is 15.2. The standard InChI is InChI=1S/C11H16O6/c1-4-9(14)16-11(7(2)3)17-10(15)6-5-8(12)13/h4,7,11H,1,5-6H2,2-3H3,(H,12,13). The molecule has 0 aromatic rings. The maximum Gasteiger partial charge on any atom is 0.333 e. The van der Waals surface area contributed by atoms with Crippen molar-refractivity contribution >= 4 is 17.9 Å². The Morgan fingerprint density at radius 2 is 1.82 bits per heavy atom. The lowest BCUT2D eigenvalue weighted by molar-refractivity contribution is -0.192. The first-order chi connectivity index (χ1) is 7.86. The lowest BCUT2D eigenvalue weighted by atomic mass is 10.2. The zero-order chi connectivity index (χ0) is 13.4. The minimum absolute atomic E-state index is 0.229. The maximum atomic E-state index is 11.2. The third-order valence-corrected chi connectivity index (χ3v) is 1.73. The molecule has 0 aromatic heterocycles. The predicted molar refractivity (Wildman–Crippen MR) is 57.9 cm³/mol. The van der Waals surface area contributed by atoms with Crippen molar-refractivity contribution in [3.63, 3.8) is 0 Å². The third-order valence-electron chi connectivity index (χ3n) is 1.73. The van der Waals surface area contributed by atoms with E-state index in [2.05, 4.69) is 6.58 Å². The second-order valence-corrected chi connectivity index (χ2v) is 3.64. The summed E-state index contributed by atoms with van der Waals surface area (Å²) < 4.78 is 9.63. The highest BCUT2D eigenvalue weighted by Crippen LogP contribution is 2.10. The second-order valence-electron chi connectivity index (χ2n) is 3.64. The van der Waals surface area contributed by atoms with E-state index >= 15 is 0 Å². The van der Waals surface area contributed by atoms with E-state index in [0.717, 1.165) is 6.08 Å². The Balaban J connectivity index is 4.24. The molecule has 0 radical (unpaired) electrons. The van der Waals surface area contributed by atoms with E-state index in [9.17, 15) is 14.4 Å². The van der Waals surface area contributed by atoms with Gasteiger partial charge in [-0.2, -0.15) is 0 Å². The van der Waals surface area contributed by atoms with Gasteiger partial charge in [-0.25, -0.2) is 4.79 Å². The van der Waals surface area contributed by atoms with Crippen molar-refractivity contribution in [3.8, 4) is 0 Å². The van der Waals surface area contributed by atoms with Crippen molar-refractivity contribution in [2.75, 3.05) is 0 Å². The van der Waals surface area contributed by atoms with Crippen LogP contribution in [0.5, 0.6) is 0 Å². The predicted octanol–water partition coefficient (Wildman–Crippen LogP) is 1.11. The van der Waals surface area contributed by atoms with Crippen LogP contribution in [0.25, 0.3) is 0 Å². The van der Waals surface area contributed by atoms with E-state index in [1.165, 1.54) is 0 Å². The number of ether oxygens (including phenoxy) is 2. The molecule has 1 N–H and O–H groups in total. The molecule has 0 fully saturated rings. The number of rotatable bonds is 7. The lowest BCUT2D eigenvalue weighted by Gasteiger charge is -2.20. The monoisotopic (exact) mass is 244 g/mol. The fourth-order valence-corrected chi connectivity index (χ4v) is 0.856. The SMILES string of the molecule is C=CC(=O)OC(OC(=O)CCC(=O)O)C(C)C. The van der Waals surface area contributed by atoms with E-state index in [-0.39, 0.29) is 18.8 Å². The molecular formula is C11H16O6. The number of hydrogen-bond acceptors (Lipinski definition) is 5. The summed E-state index contributed by atoms with van der Waals surface area (Å²) in [5, 5.41) is 8.38. The van der Waals surface area contributed by atoms with Crippen LogP contribution in [0.2, 0.25) is 0 Å². The number of esters is 2. The molecule has 0 amide bonds. The van der Waals surface area contributed by atoms with Crippen molar-refractivity contribution in [2.24, 2.45) is 5.92 Å². The van der Waals surface area contributed by atoms with Crippen LogP contribution in [0, 0.1) is 5.92 Å². The normalized spacial score (nSPS) is 11.7. The molecule has 6 nitrogen and oxygen atoms in total. The fraction of sp³-hybridized carbons (Fsp3) is 0.545. The topological polar surface area (TPSA) is 89.9 Å². The Kier molecular flexibility index (Phi) is 6.62. The van der Waals surface area contributed by atoms with Crippen LogP contribution in [0.3, 0.4) is 0 Å². The third kappa shape index (κ3) is 7.10. The zero-order valence-electron chi connectivity index (χ0n) is 9.84. The first-order valence-electron chi connectivity index (χ1n) is 5.11. The van der Waals surface area contributed by atoms with Gasteiger partial charge in [0, 0.05) is 12.0 Å². The zero-order valence-corrected chi connectivity index (χ0v) is 9.84. The van der Waals surface area contributed by atoms with Gasteiger partial charge in [-0.3, -0.25) is 9.59 Å². The van der Waals surface area contributed by atoms with Gasteiger partial charge in [-0.05, 0) is 0 Å². The highest BCUT2D eigenvalue weighted by atomic mass is 16.7. The van der Waals surface area contributed by atoms with Gasteiger partial charge >= 0.3 is 17.9 Å². The number of carboxylic acids is 1. The molecule has 0 aliphatic heterocycles. The number of carbonyl (C=O) groups excluding carboxylic acids is 2. The number of hydrogen-bond donors (Lipinski definition) is 1. The van der Waals surface area contributed by atoms with E-state index in [4.69, 9.17) is 14.6 Å². The van der Waals surface area contributed by atoms with Crippen LogP contribution in [0.15, 0.2) is 12.7 Å². The van der Waals surface area contributed by atoms with Gasteiger partial charge in [-0.1, -0.05) is 20.4 Å². The van der Waals surface area contributed by atoms with Gasteiger partial charge < -0.3 is 14.6 Å². The molecule has 96 valence electrons. The Morgan fingerprint density at radius 1 is 1.24 bits per heavy atom. The molecule has 17 heavy (non-hydrogen) atoms. The summed E-state index contributed by atoms with van der Waals surface area (Å²) in [5.74, 6) is -2.74. The second kappa shape index (κ2) is 7.43. The fourth-order valence-electron chi connectivity index (χ4n) is 0.856. The molecule has 1 unspecified atom stereocenters. The molecule has 0 heterocycles. The molecule has 0 rings (SSSR count). The summed E-state index contributed by atoms with van der Waals surface area (Å²) in [6.07, 6.45) is -0.647. The Labute approximate surface area is 99.2 Å². The summed E-state index contributed by atoms with van der Waals surface area (Å²) in [6, 6.07) is 0. The van der Waals surface area contributed by atoms with Crippen LogP contribution < -0.4 is 0 Å². The van der Waals surface area contributed by atoms with Crippen LogP contribution >= 0.6 is 0 Å². The smallest absolute Gasteiger partial charge is 0.333 e. The van der Waals surface area contributed by atoms with Gasteiger partial charge in [0.1, 0.15) is 0 Å². The number of carbonyl (C=O) groups is 3. The molecular weight excluding hydrogens is 228 g/mol. The Morgan fingerprint density at radius 3 is 2.24 bits per heavy atom. The van der Waals surface area contributed by atoms with E-state index in [0.29, 0.717) is 0 Å². The van der Waals surface area contributed by atoms with E-state index < -0.39 is 24.2 Å². The van der Waals surface area contributed by atoms with E-state index in [1.54, 1.807) is 13.8 Å². The highest BCUT2D eigenvalue weighted by Gasteiger charge is 2.21. The lowest BCUT2D eigenvalue weighted by Crippen LogP contribution is -2.28. The molecule has 1 atom stereocenters. The van der Waals surface area contributed by atoms with Crippen LogP contribution in [-0.4, -0.2) is 29.3 Å². The van der Waals surface area contributed by atoms with Gasteiger partial charge in [0.05, 0.1) is 12.8 Å². The molecule has 6 heteroatoms. The molecule has 0 saturated heterocycles. The minimum Gasteiger partial charge on any atom is -0.481 e. The van der Waals surface area contributed by atoms with Gasteiger partial charge in [0.15, 0.2) is 0 Å². The molecule has 0 aliphatic carbocycles. The van der Waals surface area contributed by atoms with Crippen LogP contribution in [0.1, 0.15) is 26.7 Å².